The first kappa shape index (κ1) is 21.9. The fourth-order valence-corrected chi connectivity index (χ4v) is 3.12. The molecule has 1 aliphatic carbocycles. The second-order valence-electron chi connectivity index (χ2n) is 7.58. The number of carbonyl (C=O) groups excluding carboxylic acids is 1. The molecule has 168 valence electrons. The molecule has 0 radical (unpaired) electrons. The van der Waals surface area contributed by atoms with Crippen LogP contribution in [0.1, 0.15) is 31.9 Å². The Bertz CT molecular complexity index is 1250. The van der Waals surface area contributed by atoms with Crippen LogP contribution < -0.4 is 10.2 Å². The number of hydrogen-bond acceptors (Lipinski definition) is 5. The Morgan fingerprint density at radius 2 is 1.79 bits per heavy atom. The number of nitrogens with zero attached hydrogens (tertiary/aromatic N) is 5. The number of amides is 2. The zero-order valence-corrected chi connectivity index (χ0v) is 18.2. The maximum Gasteiger partial charge on any atom is 0.411 e. The van der Waals surface area contributed by atoms with Crippen LogP contribution in [0.25, 0.3) is 16.9 Å². The van der Waals surface area contributed by atoms with Crippen molar-refractivity contribution in [2.45, 2.75) is 32.7 Å². The van der Waals surface area contributed by atoms with Crippen molar-refractivity contribution in [3.8, 4) is 11.3 Å². The van der Waals surface area contributed by atoms with Gasteiger partial charge in [0.25, 0.3) is 5.95 Å². The van der Waals surface area contributed by atoms with Gasteiger partial charge in [0.05, 0.1) is 17.9 Å². The van der Waals surface area contributed by atoms with Crippen molar-refractivity contribution in [1.82, 2.24) is 19.6 Å². The largest absolute Gasteiger partial charge is 0.465 e. The van der Waals surface area contributed by atoms with Crippen molar-refractivity contribution in [2.75, 3.05) is 10.2 Å². The van der Waals surface area contributed by atoms with E-state index in [0.29, 0.717) is 12.2 Å². The Hall–Kier alpha value is -4.27. The first-order chi connectivity index (χ1) is 16.0. The molecule has 0 spiro atoms. The van der Waals surface area contributed by atoms with Crippen molar-refractivity contribution in [1.29, 1.82) is 0 Å². The summed E-state index contributed by atoms with van der Waals surface area (Å²) in [6.07, 6.45) is 4.97. The van der Waals surface area contributed by atoms with Gasteiger partial charge in [-0.2, -0.15) is 4.98 Å². The van der Waals surface area contributed by atoms with Crippen LogP contribution in [0.3, 0.4) is 0 Å². The van der Waals surface area contributed by atoms with E-state index < -0.39 is 6.09 Å². The van der Waals surface area contributed by atoms with Crippen molar-refractivity contribution in [3.63, 3.8) is 0 Å². The predicted octanol–water partition coefficient (Wildman–Crippen LogP) is 4.60. The zero-order chi connectivity index (χ0) is 23.2. The second-order valence-corrected chi connectivity index (χ2v) is 7.58. The minimum atomic E-state index is -1.23. The number of aromatic nitrogens is 4. The van der Waals surface area contributed by atoms with Gasteiger partial charge in [0.1, 0.15) is 0 Å². The van der Waals surface area contributed by atoms with Gasteiger partial charge in [-0.05, 0) is 36.4 Å². The maximum absolute atomic E-state index is 12.2. The van der Waals surface area contributed by atoms with Crippen molar-refractivity contribution >= 4 is 29.3 Å². The molecule has 0 saturated heterocycles. The molecule has 3 aromatic heterocycles. The third-order valence-corrected chi connectivity index (χ3v) is 4.83. The fourth-order valence-electron chi connectivity index (χ4n) is 3.12. The molecule has 5 rings (SSSR count). The number of hydrogen-bond donors (Lipinski definition) is 2. The van der Waals surface area contributed by atoms with E-state index in [0.717, 1.165) is 22.6 Å². The van der Waals surface area contributed by atoms with E-state index in [9.17, 15) is 9.59 Å². The summed E-state index contributed by atoms with van der Waals surface area (Å²) in [5.41, 5.74) is 3.64. The van der Waals surface area contributed by atoms with Crippen LogP contribution in [0.4, 0.5) is 16.4 Å². The number of carbonyl (C=O) groups is 2. The third kappa shape index (κ3) is 5.70. The molecule has 1 saturated carbocycles. The Labute approximate surface area is 190 Å². The number of fused-ring (bicyclic) bond motifs is 1. The van der Waals surface area contributed by atoms with E-state index in [1.54, 1.807) is 21.7 Å². The van der Waals surface area contributed by atoms with Gasteiger partial charge in [0, 0.05) is 24.4 Å². The average Bonchev–Trinajstić information content (AvgIpc) is 3.64. The van der Waals surface area contributed by atoms with Crippen LogP contribution in [-0.4, -0.2) is 36.7 Å². The summed E-state index contributed by atoms with van der Waals surface area (Å²) in [5.74, 6) is -0.0825. The lowest BCUT2D eigenvalue weighted by molar-refractivity contribution is -0.116. The summed E-state index contributed by atoms with van der Waals surface area (Å²) in [7, 11) is 0. The van der Waals surface area contributed by atoms with Crippen molar-refractivity contribution in [2.24, 2.45) is 0 Å². The zero-order valence-electron chi connectivity index (χ0n) is 18.2. The van der Waals surface area contributed by atoms with Crippen LogP contribution in [0, 0.1) is 0 Å². The molecule has 0 bridgehead atoms. The predicted molar refractivity (Wildman–Crippen MR) is 125 cm³/mol. The lowest BCUT2D eigenvalue weighted by Crippen LogP contribution is -2.28. The minimum absolute atomic E-state index is 0.00434. The molecule has 1 fully saturated rings. The minimum Gasteiger partial charge on any atom is -0.465 e. The summed E-state index contributed by atoms with van der Waals surface area (Å²) in [6, 6.07) is 18.5. The Kier molecular flexibility index (Phi) is 6.58. The van der Waals surface area contributed by atoms with Gasteiger partial charge >= 0.3 is 6.09 Å². The summed E-state index contributed by atoms with van der Waals surface area (Å²) in [4.78, 5) is 33.1. The van der Waals surface area contributed by atoms with Gasteiger partial charge in [0.15, 0.2) is 5.65 Å². The molecule has 3 heterocycles. The highest BCUT2D eigenvalue weighted by Gasteiger charge is 2.14. The molecule has 0 unspecified atom stereocenters. The van der Waals surface area contributed by atoms with E-state index in [4.69, 9.17) is 5.11 Å². The Morgan fingerprint density at radius 3 is 2.39 bits per heavy atom. The molecule has 2 amide bonds. The number of nitrogens with one attached hydrogen (secondary N) is 1. The molecule has 9 heteroatoms. The normalized spacial score (nSPS) is 11.9. The monoisotopic (exact) mass is 444 g/mol. The summed E-state index contributed by atoms with van der Waals surface area (Å²) in [5, 5.41) is 15.2. The Balaban J connectivity index is 0.000000799. The number of pyridine rings is 2. The molecule has 2 N–H and O–H groups in total. The molecular formula is C24H24N6O3. The number of carboxylic acid groups (broad SMARTS) is 1. The van der Waals surface area contributed by atoms with E-state index in [2.05, 4.69) is 20.4 Å². The number of rotatable bonds is 5. The van der Waals surface area contributed by atoms with Gasteiger partial charge in [-0.15, -0.1) is 5.10 Å². The number of anilines is 2. The van der Waals surface area contributed by atoms with Gasteiger partial charge < -0.3 is 10.0 Å². The van der Waals surface area contributed by atoms with Crippen molar-refractivity contribution in [3.05, 3.63) is 72.6 Å². The van der Waals surface area contributed by atoms with Crippen molar-refractivity contribution < 1.29 is 14.7 Å². The van der Waals surface area contributed by atoms with E-state index in [-0.39, 0.29) is 11.9 Å². The molecular weight excluding hydrogens is 420 g/mol. The van der Waals surface area contributed by atoms with E-state index in [1.165, 1.54) is 26.2 Å². The van der Waals surface area contributed by atoms with Crippen LogP contribution in [0.15, 0.2) is 66.9 Å². The molecule has 1 aromatic carbocycles. The molecule has 4 aromatic rings. The fraction of sp³-hybridized carbons (Fsp3) is 0.208. The highest BCUT2D eigenvalue weighted by Crippen LogP contribution is 2.25. The maximum atomic E-state index is 12.2. The van der Waals surface area contributed by atoms with Crippen LogP contribution in [0.5, 0.6) is 0 Å². The smallest absolute Gasteiger partial charge is 0.411 e. The quantitative estimate of drug-likeness (QED) is 0.465. The summed E-state index contributed by atoms with van der Waals surface area (Å²) < 4.78 is 1.57. The van der Waals surface area contributed by atoms with Gasteiger partial charge in [-0.25, -0.2) is 9.31 Å². The highest BCUT2D eigenvalue weighted by molar-refractivity contribution is 5.91. The summed E-state index contributed by atoms with van der Waals surface area (Å²) >= 11 is 0. The Morgan fingerprint density at radius 1 is 1.03 bits per heavy atom. The molecule has 0 atom stereocenters. The van der Waals surface area contributed by atoms with Crippen LogP contribution in [-0.2, 0) is 11.3 Å². The van der Waals surface area contributed by atoms with Crippen LogP contribution in [0.2, 0.25) is 0 Å². The first-order valence-corrected chi connectivity index (χ1v) is 10.7. The lowest BCUT2D eigenvalue weighted by Gasteiger charge is -2.21. The average molecular weight is 444 g/mol. The number of benzene rings is 1. The molecule has 9 nitrogen and oxygen atoms in total. The SMILES string of the molecule is C1CC1.CC(=O)N(Cc1ccccn1)c1ccc(-c2cccc3nc(NC(=O)O)nn23)cc1. The van der Waals surface area contributed by atoms with Gasteiger partial charge in [0.2, 0.25) is 5.91 Å². The van der Waals surface area contributed by atoms with Crippen LogP contribution >= 0.6 is 0 Å². The topological polar surface area (TPSA) is 113 Å². The second kappa shape index (κ2) is 9.90. The molecule has 33 heavy (non-hydrogen) atoms. The van der Waals surface area contributed by atoms with Gasteiger partial charge in [-0.1, -0.05) is 43.5 Å². The molecule has 1 aliphatic rings. The van der Waals surface area contributed by atoms with Gasteiger partial charge in [-0.3, -0.25) is 15.1 Å². The highest BCUT2D eigenvalue weighted by atomic mass is 16.4. The molecule has 0 aliphatic heterocycles. The standard InChI is InChI=1S/C21H18N6O3.C3H6/c1-14(28)26(13-16-5-2-3-12-22-16)17-10-8-15(9-11-17)18-6-4-7-19-23-20(24-21(29)30)25-27(18)19;1-2-3-1/h2-12H,13H2,1H3,(H,24,25)(H,29,30);1-3H2. The first-order valence-electron chi connectivity index (χ1n) is 10.7. The third-order valence-electron chi connectivity index (χ3n) is 4.83. The summed E-state index contributed by atoms with van der Waals surface area (Å²) in [6.45, 7) is 1.89. The van der Waals surface area contributed by atoms with E-state index in [1.807, 2.05) is 54.6 Å². The van der Waals surface area contributed by atoms with E-state index >= 15 is 0 Å². The lowest BCUT2D eigenvalue weighted by atomic mass is 10.1.